The van der Waals surface area contributed by atoms with Crippen LogP contribution in [0.3, 0.4) is 0 Å². The molecule has 0 saturated carbocycles. The minimum Gasteiger partial charge on any atom is -0.476 e. The number of aromatic nitrogens is 1. The van der Waals surface area contributed by atoms with Crippen LogP contribution in [0, 0.1) is 11.8 Å². The molecular formula is C16H14N4O3. The summed E-state index contributed by atoms with van der Waals surface area (Å²) in [5.41, 5.74) is 8.35. The number of hydrogen-bond donors (Lipinski definition) is 4. The molecule has 0 amide bonds. The van der Waals surface area contributed by atoms with E-state index in [4.69, 9.17) is 21.4 Å². The number of rotatable bonds is 4. The molecule has 7 nitrogen and oxygen atoms in total. The number of carboxylic acid groups (broad SMARTS) is 1. The Hall–Kier alpha value is -3.50. The van der Waals surface area contributed by atoms with Crippen LogP contribution < -0.4 is 21.7 Å². The number of nitrogens with one attached hydrogen (secondary N) is 1. The fraction of sp³-hybridized carbons (Fsp3) is 0. The summed E-state index contributed by atoms with van der Waals surface area (Å²) in [5, 5.41) is 8.80. The maximum atomic E-state index is 10.8. The second-order valence-electron chi connectivity index (χ2n) is 4.28. The van der Waals surface area contributed by atoms with Crippen molar-refractivity contribution in [2.75, 3.05) is 0 Å². The summed E-state index contributed by atoms with van der Waals surface area (Å²) in [6.45, 7) is 0. The van der Waals surface area contributed by atoms with E-state index in [0.717, 1.165) is 5.56 Å². The summed E-state index contributed by atoms with van der Waals surface area (Å²) in [6.07, 6.45) is 1.67. The number of nitrogens with zero attached hydrogens (tertiary/aromatic N) is 1. The third kappa shape index (κ3) is 4.49. The van der Waals surface area contributed by atoms with E-state index in [9.17, 15) is 4.79 Å². The number of hydrogen-bond acceptors (Lipinski definition) is 6. The predicted molar refractivity (Wildman–Crippen MR) is 83.5 cm³/mol. The van der Waals surface area contributed by atoms with Gasteiger partial charge in [-0.1, -0.05) is 12.0 Å². The number of ether oxygens (including phenoxy) is 1. The Morgan fingerprint density at radius 3 is 2.48 bits per heavy atom. The summed E-state index contributed by atoms with van der Waals surface area (Å²) in [6, 6.07) is 12.2. The number of hydrazine groups is 1. The second-order valence-corrected chi connectivity index (χ2v) is 4.28. The van der Waals surface area contributed by atoms with Crippen molar-refractivity contribution < 1.29 is 14.6 Å². The number of aliphatic carboxylic acids is 1. The van der Waals surface area contributed by atoms with Gasteiger partial charge in [-0.2, -0.15) is 0 Å². The molecule has 2 rings (SSSR count). The Morgan fingerprint density at radius 2 is 1.91 bits per heavy atom. The maximum absolute atomic E-state index is 10.8. The van der Waals surface area contributed by atoms with E-state index in [-0.39, 0.29) is 5.88 Å². The molecule has 6 N–H and O–H groups in total. The molecule has 0 saturated heterocycles. The number of nitrogens with two attached hydrogens (primary N) is 2. The molecule has 1 aromatic carbocycles. The van der Waals surface area contributed by atoms with Gasteiger partial charge in [-0.3, -0.25) is 5.43 Å². The van der Waals surface area contributed by atoms with E-state index in [1.54, 1.807) is 30.5 Å². The zero-order valence-electron chi connectivity index (χ0n) is 12.0. The van der Waals surface area contributed by atoms with E-state index < -0.39 is 11.7 Å². The van der Waals surface area contributed by atoms with Gasteiger partial charge in [0.1, 0.15) is 11.4 Å². The first-order chi connectivity index (χ1) is 11.1. The Labute approximate surface area is 132 Å². The molecule has 0 atom stereocenters. The summed E-state index contributed by atoms with van der Waals surface area (Å²) in [4.78, 5) is 14.9. The van der Waals surface area contributed by atoms with Crippen LogP contribution >= 0.6 is 0 Å². The van der Waals surface area contributed by atoms with Crippen molar-refractivity contribution in [3.05, 3.63) is 71.5 Å². The molecule has 0 aliphatic carbocycles. The lowest BCUT2D eigenvalue weighted by atomic mass is 10.2. The van der Waals surface area contributed by atoms with E-state index in [1.807, 2.05) is 18.2 Å². The van der Waals surface area contributed by atoms with Gasteiger partial charge in [0, 0.05) is 11.8 Å². The number of pyridine rings is 1. The first kappa shape index (κ1) is 15.9. The van der Waals surface area contributed by atoms with Crippen LogP contribution in [0.2, 0.25) is 0 Å². The molecule has 0 radical (unpaired) electrons. The largest absolute Gasteiger partial charge is 0.476 e. The second kappa shape index (κ2) is 7.49. The Kier molecular flexibility index (Phi) is 5.17. The molecule has 0 unspecified atom stereocenters. The standard InChI is InChI=1S/C16H14N4O3/c17-14(16(21)22)15(20-18)23-13-8-5-11(6-9-13)4-7-12-3-1-2-10-19-12/h1-3,5-6,8-10,20H,17-18H2,(H,21,22)/b15-14+. The lowest BCUT2D eigenvalue weighted by Crippen LogP contribution is -2.31. The molecule has 1 heterocycles. The van der Waals surface area contributed by atoms with Crippen molar-refractivity contribution in [2.24, 2.45) is 11.6 Å². The van der Waals surface area contributed by atoms with Gasteiger partial charge in [0.05, 0.1) is 0 Å². The first-order valence-corrected chi connectivity index (χ1v) is 6.51. The van der Waals surface area contributed by atoms with Crippen molar-refractivity contribution in [3.63, 3.8) is 0 Å². The van der Waals surface area contributed by atoms with Crippen molar-refractivity contribution >= 4 is 5.97 Å². The molecule has 0 spiro atoms. The highest BCUT2D eigenvalue weighted by atomic mass is 16.5. The van der Waals surface area contributed by atoms with Crippen molar-refractivity contribution in [3.8, 4) is 17.6 Å². The third-order valence-electron chi connectivity index (χ3n) is 2.68. The monoisotopic (exact) mass is 310 g/mol. The summed E-state index contributed by atoms with van der Waals surface area (Å²) in [5.74, 6) is 9.86. The molecular weight excluding hydrogens is 296 g/mol. The smallest absolute Gasteiger partial charge is 0.357 e. The van der Waals surface area contributed by atoms with Gasteiger partial charge in [-0.25, -0.2) is 15.6 Å². The molecule has 0 fully saturated rings. The van der Waals surface area contributed by atoms with Crippen LogP contribution in [-0.2, 0) is 4.79 Å². The number of benzene rings is 1. The van der Waals surface area contributed by atoms with E-state index >= 15 is 0 Å². The molecule has 116 valence electrons. The average molecular weight is 310 g/mol. The van der Waals surface area contributed by atoms with Gasteiger partial charge in [-0.05, 0) is 42.3 Å². The highest BCUT2D eigenvalue weighted by Gasteiger charge is 2.11. The van der Waals surface area contributed by atoms with Crippen LogP contribution in [0.4, 0.5) is 0 Å². The SMILES string of the molecule is NN/C(Oc1ccc(C#Cc2ccccn2)cc1)=C(\N)C(=O)O. The van der Waals surface area contributed by atoms with Gasteiger partial charge in [0.25, 0.3) is 0 Å². The van der Waals surface area contributed by atoms with Crippen LogP contribution in [0.25, 0.3) is 0 Å². The quantitative estimate of drug-likeness (QED) is 0.213. The van der Waals surface area contributed by atoms with E-state index in [1.165, 1.54) is 0 Å². The maximum Gasteiger partial charge on any atom is 0.357 e. The fourth-order valence-electron chi connectivity index (χ4n) is 1.56. The Bertz CT molecular complexity index is 774. The average Bonchev–Trinajstić information content (AvgIpc) is 2.59. The van der Waals surface area contributed by atoms with E-state index in [2.05, 4.69) is 22.3 Å². The van der Waals surface area contributed by atoms with Crippen molar-refractivity contribution in [2.45, 2.75) is 0 Å². The lowest BCUT2D eigenvalue weighted by Gasteiger charge is -2.10. The highest BCUT2D eigenvalue weighted by molar-refractivity contribution is 5.85. The van der Waals surface area contributed by atoms with E-state index in [0.29, 0.717) is 11.4 Å². The molecule has 2 aromatic rings. The summed E-state index contributed by atoms with van der Waals surface area (Å²) in [7, 11) is 0. The topological polar surface area (TPSA) is 123 Å². The van der Waals surface area contributed by atoms with Crippen LogP contribution in [0.5, 0.6) is 5.75 Å². The van der Waals surface area contributed by atoms with Gasteiger partial charge >= 0.3 is 5.97 Å². The third-order valence-corrected chi connectivity index (χ3v) is 2.68. The molecule has 23 heavy (non-hydrogen) atoms. The molecule has 0 aliphatic rings. The molecule has 7 heteroatoms. The minimum absolute atomic E-state index is 0.246. The number of carboxylic acids is 1. The normalized spacial score (nSPS) is 10.8. The van der Waals surface area contributed by atoms with Crippen molar-refractivity contribution in [1.29, 1.82) is 0 Å². The Balaban J connectivity index is 2.13. The van der Waals surface area contributed by atoms with Crippen LogP contribution in [0.1, 0.15) is 11.3 Å². The van der Waals surface area contributed by atoms with Crippen LogP contribution in [-0.4, -0.2) is 16.1 Å². The lowest BCUT2D eigenvalue weighted by molar-refractivity contribution is -0.132. The Morgan fingerprint density at radius 1 is 1.17 bits per heavy atom. The van der Waals surface area contributed by atoms with Crippen molar-refractivity contribution in [1.82, 2.24) is 10.4 Å². The summed E-state index contributed by atoms with van der Waals surface area (Å²) < 4.78 is 5.28. The first-order valence-electron chi connectivity index (χ1n) is 6.51. The van der Waals surface area contributed by atoms with Gasteiger partial charge in [0.15, 0.2) is 5.70 Å². The van der Waals surface area contributed by atoms with Crippen LogP contribution in [0.15, 0.2) is 60.2 Å². The number of carbonyl (C=O) groups is 1. The van der Waals surface area contributed by atoms with Gasteiger partial charge in [-0.15, -0.1) is 0 Å². The highest BCUT2D eigenvalue weighted by Crippen LogP contribution is 2.14. The zero-order valence-corrected chi connectivity index (χ0v) is 12.0. The minimum atomic E-state index is -1.34. The fourth-order valence-corrected chi connectivity index (χ4v) is 1.56. The molecule has 0 aliphatic heterocycles. The molecule has 0 bridgehead atoms. The molecule has 1 aromatic heterocycles. The summed E-state index contributed by atoms with van der Waals surface area (Å²) >= 11 is 0. The van der Waals surface area contributed by atoms with Gasteiger partial charge in [0.2, 0.25) is 5.88 Å². The predicted octanol–water partition coefficient (Wildman–Crippen LogP) is 0.536. The zero-order chi connectivity index (χ0) is 16.7. The van der Waals surface area contributed by atoms with Gasteiger partial charge < -0.3 is 15.6 Å².